The summed E-state index contributed by atoms with van der Waals surface area (Å²) in [5, 5.41) is 9.92. The second kappa shape index (κ2) is 7.09. The van der Waals surface area contributed by atoms with Crippen molar-refractivity contribution >= 4 is 23.7 Å². The van der Waals surface area contributed by atoms with E-state index in [4.69, 9.17) is 0 Å². The number of hydrogen-bond donors (Lipinski definition) is 2. The van der Waals surface area contributed by atoms with Crippen LogP contribution < -0.4 is 11.0 Å². The summed E-state index contributed by atoms with van der Waals surface area (Å²) in [6.07, 6.45) is 7.34. The Bertz CT molecular complexity index is 797. The van der Waals surface area contributed by atoms with Crippen LogP contribution in [0.3, 0.4) is 0 Å². The third-order valence-electron chi connectivity index (χ3n) is 3.49. The maximum Gasteiger partial charge on any atom is 0.347 e. The number of fused-ring (bicyclic) bond motifs is 1. The fourth-order valence-corrected chi connectivity index (χ4v) is 2.34. The van der Waals surface area contributed by atoms with Gasteiger partial charge in [0.2, 0.25) is 0 Å². The molecule has 22 heavy (non-hydrogen) atoms. The molecule has 0 fully saturated rings. The van der Waals surface area contributed by atoms with Crippen LogP contribution in [-0.2, 0) is 6.42 Å². The highest BCUT2D eigenvalue weighted by Crippen LogP contribution is 2.18. The van der Waals surface area contributed by atoms with Crippen molar-refractivity contribution in [1.82, 2.24) is 19.6 Å². The molecule has 0 spiro atoms. The second-order valence-corrected chi connectivity index (χ2v) is 4.98. The highest BCUT2D eigenvalue weighted by atomic mass is 35.5. The predicted molar refractivity (Wildman–Crippen MR) is 88.8 cm³/mol. The molecule has 0 unspecified atom stereocenters. The number of aromatic amines is 1. The third kappa shape index (κ3) is 3.28. The minimum absolute atomic E-state index is 0. The Hall–Kier alpha value is -2.34. The first kappa shape index (κ1) is 16.0. The van der Waals surface area contributed by atoms with Crippen LogP contribution in [-0.4, -0.2) is 26.1 Å². The van der Waals surface area contributed by atoms with Gasteiger partial charge in [-0.15, -0.1) is 12.4 Å². The van der Waals surface area contributed by atoms with Crippen LogP contribution in [0.5, 0.6) is 0 Å². The van der Waals surface area contributed by atoms with Crippen molar-refractivity contribution in [1.29, 1.82) is 0 Å². The van der Waals surface area contributed by atoms with Gasteiger partial charge in [0.15, 0.2) is 5.65 Å². The standard InChI is InChI=1S/C15H17N5O.ClH/c1-11-6-10-20-14(18-19-15(20)21)13(11)17-7-2-3-12-4-8-16-9-5-12;/h4-6,8-10,17H,2-3,7H2,1H3,(H,19,21);1H. The maximum atomic E-state index is 11.6. The van der Waals surface area contributed by atoms with Crippen molar-refractivity contribution in [3.63, 3.8) is 0 Å². The number of pyridine rings is 2. The second-order valence-electron chi connectivity index (χ2n) is 4.98. The monoisotopic (exact) mass is 319 g/mol. The van der Waals surface area contributed by atoms with Crippen LogP contribution >= 0.6 is 12.4 Å². The van der Waals surface area contributed by atoms with E-state index in [1.165, 1.54) is 9.96 Å². The number of nitrogens with zero attached hydrogens (tertiary/aromatic N) is 3. The van der Waals surface area contributed by atoms with Gasteiger partial charge in [0, 0.05) is 25.1 Å². The molecule has 0 saturated carbocycles. The third-order valence-corrected chi connectivity index (χ3v) is 3.49. The molecule has 2 N–H and O–H groups in total. The predicted octanol–water partition coefficient (Wildman–Crippen LogP) is 2.19. The van der Waals surface area contributed by atoms with E-state index >= 15 is 0 Å². The van der Waals surface area contributed by atoms with Crippen LogP contribution in [0.4, 0.5) is 5.69 Å². The Kier molecular flexibility index (Phi) is 5.16. The highest BCUT2D eigenvalue weighted by Gasteiger charge is 2.08. The molecule has 6 nitrogen and oxygen atoms in total. The SMILES string of the molecule is Cc1ccn2c(=O)[nH]nc2c1NCCCc1ccncc1.Cl. The number of aromatic nitrogens is 4. The van der Waals surface area contributed by atoms with Crippen LogP contribution in [0.25, 0.3) is 5.65 Å². The van der Waals surface area contributed by atoms with Gasteiger partial charge >= 0.3 is 5.69 Å². The Morgan fingerprint density at radius 3 is 2.82 bits per heavy atom. The van der Waals surface area contributed by atoms with Gasteiger partial charge in [-0.2, -0.15) is 5.10 Å². The molecule has 0 aliphatic rings. The van der Waals surface area contributed by atoms with Crippen LogP contribution in [0.1, 0.15) is 17.5 Å². The number of anilines is 1. The van der Waals surface area contributed by atoms with Crippen LogP contribution in [0, 0.1) is 6.92 Å². The number of aryl methyl sites for hydroxylation is 2. The zero-order valence-corrected chi connectivity index (χ0v) is 13.1. The number of nitrogens with one attached hydrogen (secondary N) is 2. The lowest BCUT2D eigenvalue weighted by Crippen LogP contribution is -2.11. The minimum atomic E-state index is -0.218. The van der Waals surface area contributed by atoms with Crippen molar-refractivity contribution < 1.29 is 0 Å². The molecule has 0 saturated heterocycles. The average molecular weight is 320 g/mol. The molecule has 3 aromatic rings. The molecule has 0 amide bonds. The first-order valence-electron chi connectivity index (χ1n) is 6.95. The van der Waals surface area contributed by atoms with Crippen molar-refractivity contribution in [2.24, 2.45) is 0 Å². The van der Waals surface area contributed by atoms with E-state index in [0.717, 1.165) is 30.6 Å². The summed E-state index contributed by atoms with van der Waals surface area (Å²) < 4.78 is 1.51. The quantitative estimate of drug-likeness (QED) is 0.707. The maximum absolute atomic E-state index is 11.6. The molecule has 116 valence electrons. The Morgan fingerprint density at radius 1 is 1.27 bits per heavy atom. The molecule has 3 heterocycles. The molecule has 0 aliphatic heterocycles. The minimum Gasteiger partial charge on any atom is -0.382 e. The average Bonchev–Trinajstić information content (AvgIpc) is 2.88. The Morgan fingerprint density at radius 2 is 2.05 bits per heavy atom. The molecular formula is C15H18ClN5O. The van der Waals surface area contributed by atoms with Gasteiger partial charge in [-0.25, -0.2) is 14.3 Å². The fraction of sp³-hybridized carbons (Fsp3) is 0.267. The summed E-state index contributed by atoms with van der Waals surface area (Å²) in [4.78, 5) is 15.6. The zero-order valence-electron chi connectivity index (χ0n) is 12.2. The molecule has 3 rings (SSSR count). The number of H-pyrrole nitrogens is 1. The highest BCUT2D eigenvalue weighted by molar-refractivity contribution is 5.85. The van der Waals surface area contributed by atoms with E-state index in [0.29, 0.717) is 5.65 Å². The number of hydrogen-bond acceptors (Lipinski definition) is 4. The largest absolute Gasteiger partial charge is 0.382 e. The smallest absolute Gasteiger partial charge is 0.347 e. The Labute approximate surface area is 134 Å². The molecule has 0 aliphatic carbocycles. The molecule has 0 bridgehead atoms. The lowest BCUT2D eigenvalue weighted by atomic mass is 10.1. The van der Waals surface area contributed by atoms with Gasteiger partial charge in [-0.05, 0) is 49.1 Å². The first-order valence-corrected chi connectivity index (χ1v) is 6.95. The topological polar surface area (TPSA) is 75.1 Å². The van der Waals surface area contributed by atoms with Crippen molar-refractivity contribution in [3.05, 3.63) is 58.4 Å². The van der Waals surface area contributed by atoms with Gasteiger partial charge in [-0.3, -0.25) is 4.98 Å². The lowest BCUT2D eigenvalue weighted by molar-refractivity contribution is 0.859. The molecule has 3 aromatic heterocycles. The summed E-state index contributed by atoms with van der Waals surface area (Å²) in [6.45, 7) is 2.83. The van der Waals surface area contributed by atoms with Crippen molar-refractivity contribution in [2.45, 2.75) is 19.8 Å². The summed E-state index contributed by atoms with van der Waals surface area (Å²) in [7, 11) is 0. The van der Waals surface area contributed by atoms with Crippen LogP contribution in [0.2, 0.25) is 0 Å². The van der Waals surface area contributed by atoms with Crippen molar-refractivity contribution in [2.75, 3.05) is 11.9 Å². The molecule has 0 radical (unpaired) electrons. The van der Waals surface area contributed by atoms with Gasteiger partial charge in [0.05, 0.1) is 5.69 Å². The number of halogens is 1. The summed E-state index contributed by atoms with van der Waals surface area (Å²) in [5.41, 5.74) is 3.68. The van der Waals surface area contributed by atoms with Crippen molar-refractivity contribution in [3.8, 4) is 0 Å². The van der Waals surface area contributed by atoms with E-state index in [9.17, 15) is 4.79 Å². The lowest BCUT2D eigenvalue weighted by Gasteiger charge is -2.10. The zero-order chi connectivity index (χ0) is 14.7. The van der Waals surface area contributed by atoms with E-state index in [1.54, 1.807) is 6.20 Å². The van der Waals surface area contributed by atoms with Gasteiger partial charge in [0.1, 0.15) is 0 Å². The normalized spacial score (nSPS) is 10.4. The van der Waals surface area contributed by atoms with Gasteiger partial charge < -0.3 is 5.32 Å². The molecule has 7 heteroatoms. The van der Waals surface area contributed by atoms with E-state index < -0.39 is 0 Å². The fourth-order valence-electron chi connectivity index (χ4n) is 2.34. The van der Waals surface area contributed by atoms with Crippen LogP contribution in [0.15, 0.2) is 41.6 Å². The van der Waals surface area contributed by atoms with Gasteiger partial charge in [-0.1, -0.05) is 0 Å². The Balaban J connectivity index is 0.00000176. The van der Waals surface area contributed by atoms with E-state index in [1.807, 2.05) is 37.5 Å². The molecule has 0 aromatic carbocycles. The summed E-state index contributed by atoms with van der Waals surface area (Å²) >= 11 is 0. The molecule has 0 atom stereocenters. The molecular weight excluding hydrogens is 302 g/mol. The van der Waals surface area contributed by atoms with E-state index in [-0.39, 0.29) is 18.1 Å². The van der Waals surface area contributed by atoms with E-state index in [2.05, 4.69) is 20.5 Å². The van der Waals surface area contributed by atoms with Gasteiger partial charge in [0.25, 0.3) is 0 Å². The summed E-state index contributed by atoms with van der Waals surface area (Å²) in [6, 6.07) is 5.97. The number of rotatable bonds is 5. The first-order chi connectivity index (χ1) is 10.3. The summed E-state index contributed by atoms with van der Waals surface area (Å²) in [5.74, 6) is 0.